The molecule has 18 heavy (non-hydrogen) atoms. The fraction of sp³-hybridized carbons (Fsp3) is 0.857. The van der Waals surface area contributed by atoms with Gasteiger partial charge in [0.1, 0.15) is 0 Å². The predicted molar refractivity (Wildman–Crippen MR) is 71.3 cm³/mol. The highest BCUT2D eigenvalue weighted by molar-refractivity contribution is 5.00. The molecule has 0 amide bonds. The van der Waals surface area contributed by atoms with Crippen molar-refractivity contribution in [1.82, 2.24) is 10.1 Å². The first kappa shape index (κ1) is 13.5. The van der Waals surface area contributed by atoms with Gasteiger partial charge in [-0.3, -0.25) is 0 Å². The van der Waals surface area contributed by atoms with E-state index in [1.807, 2.05) is 13.8 Å². The quantitative estimate of drug-likeness (QED) is 0.896. The fourth-order valence-corrected chi connectivity index (χ4v) is 2.55. The topological polar surface area (TPSA) is 64.9 Å². The van der Waals surface area contributed by atoms with Gasteiger partial charge in [-0.1, -0.05) is 19.0 Å². The molecule has 0 spiro atoms. The zero-order chi connectivity index (χ0) is 13.4. The van der Waals surface area contributed by atoms with E-state index in [-0.39, 0.29) is 5.54 Å². The van der Waals surface area contributed by atoms with Gasteiger partial charge in [0.15, 0.2) is 5.82 Å². The summed E-state index contributed by atoms with van der Waals surface area (Å²) in [4.78, 5) is 4.51. The van der Waals surface area contributed by atoms with Crippen LogP contribution < -0.4 is 5.73 Å². The van der Waals surface area contributed by atoms with Gasteiger partial charge in [0.05, 0.1) is 0 Å². The molecule has 0 aliphatic heterocycles. The highest BCUT2D eigenvalue weighted by Gasteiger charge is 2.30. The van der Waals surface area contributed by atoms with Gasteiger partial charge in [0, 0.05) is 17.9 Å². The largest absolute Gasteiger partial charge is 0.339 e. The summed E-state index contributed by atoms with van der Waals surface area (Å²) >= 11 is 0. The van der Waals surface area contributed by atoms with E-state index in [4.69, 9.17) is 10.3 Å². The molecule has 1 aromatic heterocycles. The second kappa shape index (κ2) is 4.65. The molecule has 1 aromatic rings. The lowest BCUT2D eigenvalue weighted by Crippen LogP contribution is -2.34. The molecular formula is C14H25N3O. The van der Waals surface area contributed by atoms with E-state index >= 15 is 0 Å². The summed E-state index contributed by atoms with van der Waals surface area (Å²) in [6.45, 7) is 8.61. The van der Waals surface area contributed by atoms with Crippen LogP contribution in [0.3, 0.4) is 0 Å². The third-order valence-corrected chi connectivity index (χ3v) is 3.79. The lowest BCUT2D eigenvalue weighted by Gasteiger charge is -2.32. The molecule has 1 heterocycles. The maximum Gasteiger partial charge on any atom is 0.228 e. The van der Waals surface area contributed by atoms with Crippen molar-refractivity contribution in [2.75, 3.05) is 0 Å². The number of nitrogens with two attached hydrogens (primary N) is 1. The number of hydrogen-bond donors (Lipinski definition) is 1. The molecule has 1 aliphatic rings. The maximum absolute atomic E-state index is 5.96. The van der Waals surface area contributed by atoms with Crippen LogP contribution in [-0.2, 0) is 6.42 Å². The second-order valence-corrected chi connectivity index (χ2v) is 7.15. The van der Waals surface area contributed by atoms with Crippen molar-refractivity contribution in [1.29, 1.82) is 0 Å². The minimum absolute atomic E-state index is 0.293. The lowest BCUT2D eigenvalue weighted by atomic mass is 9.73. The van der Waals surface area contributed by atoms with Crippen molar-refractivity contribution in [2.24, 2.45) is 11.1 Å². The monoisotopic (exact) mass is 251 g/mol. The summed E-state index contributed by atoms with van der Waals surface area (Å²) < 4.78 is 5.30. The van der Waals surface area contributed by atoms with Gasteiger partial charge in [-0.2, -0.15) is 4.98 Å². The van der Waals surface area contributed by atoms with E-state index < -0.39 is 0 Å². The Hall–Kier alpha value is -0.900. The summed E-state index contributed by atoms with van der Waals surface area (Å²) in [6.07, 6.45) is 5.45. The average molecular weight is 251 g/mol. The Morgan fingerprint density at radius 3 is 2.50 bits per heavy atom. The fourth-order valence-electron chi connectivity index (χ4n) is 2.55. The molecule has 0 radical (unpaired) electrons. The Kier molecular flexibility index (Phi) is 3.49. The molecule has 2 rings (SSSR count). The van der Waals surface area contributed by atoms with Crippen LogP contribution in [0.4, 0.5) is 0 Å². The molecule has 0 saturated heterocycles. The standard InChI is InChI=1S/C14H25N3O/c1-13(2)7-5-10(6-8-13)12-16-11(18-17-12)9-14(3,4)15/h10H,5-9,15H2,1-4H3. The molecule has 4 nitrogen and oxygen atoms in total. The molecular weight excluding hydrogens is 226 g/mol. The highest BCUT2D eigenvalue weighted by Crippen LogP contribution is 2.41. The van der Waals surface area contributed by atoms with Crippen LogP contribution in [-0.4, -0.2) is 15.7 Å². The van der Waals surface area contributed by atoms with Crippen LogP contribution in [0.15, 0.2) is 4.52 Å². The summed E-state index contributed by atoms with van der Waals surface area (Å²) in [5.74, 6) is 2.02. The van der Waals surface area contributed by atoms with Gasteiger partial charge in [-0.25, -0.2) is 0 Å². The average Bonchev–Trinajstić information content (AvgIpc) is 2.63. The van der Waals surface area contributed by atoms with Gasteiger partial charge >= 0.3 is 0 Å². The van der Waals surface area contributed by atoms with Crippen LogP contribution in [0.5, 0.6) is 0 Å². The maximum atomic E-state index is 5.96. The highest BCUT2D eigenvalue weighted by atomic mass is 16.5. The summed E-state index contributed by atoms with van der Waals surface area (Å²) in [6, 6.07) is 0. The smallest absolute Gasteiger partial charge is 0.228 e. The first-order chi connectivity index (χ1) is 8.25. The van der Waals surface area contributed by atoms with Gasteiger partial charge in [-0.15, -0.1) is 0 Å². The minimum Gasteiger partial charge on any atom is -0.339 e. The number of aromatic nitrogens is 2. The Balaban J connectivity index is 1.99. The Bertz CT molecular complexity index is 393. The zero-order valence-corrected chi connectivity index (χ0v) is 12.0. The van der Waals surface area contributed by atoms with Crippen LogP contribution in [0.2, 0.25) is 0 Å². The molecule has 1 fully saturated rings. The second-order valence-electron chi connectivity index (χ2n) is 7.15. The Morgan fingerprint density at radius 2 is 1.94 bits per heavy atom. The number of nitrogens with zero attached hydrogens (tertiary/aromatic N) is 2. The first-order valence-corrected chi connectivity index (χ1v) is 6.87. The van der Waals surface area contributed by atoms with Crippen molar-refractivity contribution in [3.63, 3.8) is 0 Å². The van der Waals surface area contributed by atoms with Gasteiger partial charge in [0.25, 0.3) is 0 Å². The zero-order valence-electron chi connectivity index (χ0n) is 12.0. The van der Waals surface area contributed by atoms with Gasteiger partial charge in [0.2, 0.25) is 5.89 Å². The summed E-state index contributed by atoms with van der Waals surface area (Å²) in [7, 11) is 0. The summed E-state index contributed by atoms with van der Waals surface area (Å²) in [5.41, 5.74) is 6.14. The predicted octanol–water partition coefficient (Wildman–Crippen LogP) is 3.03. The first-order valence-electron chi connectivity index (χ1n) is 6.87. The number of hydrogen-bond acceptors (Lipinski definition) is 4. The lowest BCUT2D eigenvalue weighted by molar-refractivity contribution is 0.218. The van der Waals surface area contributed by atoms with E-state index in [0.717, 1.165) is 18.7 Å². The Labute approximate surface area is 109 Å². The van der Waals surface area contributed by atoms with Crippen LogP contribution in [0.25, 0.3) is 0 Å². The van der Waals surface area contributed by atoms with Crippen molar-refractivity contribution in [3.8, 4) is 0 Å². The molecule has 0 aromatic carbocycles. The molecule has 2 N–H and O–H groups in total. The summed E-state index contributed by atoms with van der Waals surface area (Å²) in [5, 5.41) is 4.13. The molecule has 0 bridgehead atoms. The number of rotatable bonds is 3. The van der Waals surface area contributed by atoms with Crippen molar-refractivity contribution >= 4 is 0 Å². The molecule has 0 atom stereocenters. The SMILES string of the molecule is CC(C)(N)Cc1nc(C2CCC(C)(C)CC2)no1. The molecule has 1 aliphatic carbocycles. The van der Waals surface area contributed by atoms with Crippen molar-refractivity contribution in [3.05, 3.63) is 11.7 Å². The molecule has 102 valence electrons. The van der Waals surface area contributed by atoms with Crippen LogP contribution >= 0.6 is 0 Å². The molecule has 0 unspecified atom stereocenters. The molecule has 4 heteroatoms. The van der Waals surface area contributed by atoms with Gasteiger partial charge in [-0.05, 0) is 44.9 Å². The third kappa shape index (κ3) is 3.55. The van der Waals surface area contributed by atoms with Crippen molar-refractivity contribution in [2.45, 2.75) is 71.3 Å². The Morgan fingerprint density at radius 1 is 1.33 bits per heavy atom. The van der Waals surface area contributed by atoms with E-state index in [0.29, 0.717) is 23.6 Å². The van der Waals surface area contributed by atoms with Crippen LogP contribution in [0, 0.1) is 5.41 Å². The minimum atomic E-state index is -0.293. The molecule has 1 saturated carbocycles. The van der Waals surface area contributed by atoms with Gasteiger partial charge < -0.3 is 10.3 Å². The van der Waals surface area contributed by atoms with E-state index in [1.165, 1.54) is 12.8 Å². The van der Waals surface area contributed by atoms with E-state index in [1.54, 1.807) is 0 Å². The van der Waals surface area contributed by atoms with E-state index in [2.05, 4.69) is 24.0 Å². The van der Waals surface area contributed by atoms with Crippen molar-refractivity contribution < 1.29 is 4.52 Å². The third-order valence-electron chi connectivity index (χ3n) is 3.79. The normalized spacial score (nSPS) is 21.2. The van der Waals surface area contributed by atoms with E-state index in [9.17, 15) is 0 Å². The van der Waals surface area contributed by atoms with Crippen LogP contribution in [0.1, 0.15) is 71.0 Å².